The van der Waals surface area contributed by atoms with Crippen molar-refractivity contribution in [1.29, 1.82) is 5.26 Å². The van der Waals surface area contributed by atoms with Crippen LogP contribution in [0.3, 0.4) is 0 Å². The van der Waals surface area contributed by atoms with Gasteiger partial charge in [-0.05, 0) is 19.9 Å². The fraction of sp³-hybridized carbons (Fsp3) is 0.364. The molecule has 0 heterocycles. The van der Waals surface area contributed by atoms with E-state index in [-0.39, 0.29) is 16.9 Å². The lowest BCUT2D eigenvalue weighted by Gasteiger charge is -2.11. The predicted molar refractivity (Wildman–Crippen MR) is 66.1 cm³/mol. The van der Waals surface area contributed by atoms with Gasteiger partial charge in [-0.1, -0.05) is 0 Å². The van der Waals surface area contributed by atoms with Crippen LogP contribution in [-0.4, -0.2) is 18.0 Å². The number of nitro benzene ring substituents is 1. The molecule has 6 heteroatoms. The molecular weight excluding hydrogens is 220 g/mol. The van der Waals surface area contributed by atoms with Crippen LogP contribution in [0.1, 0.15) is 19.4 Å². The SMILES string of the molecule is CCNc1ccc([N+](=O)[O-])c(NCC)c1C#N. The Morgan fingerprint density at radius 1 is 1.35 bits per heavy atom. The molecular formula is C11H14N4O2. The maximum atomic E-state index is 10.9. The lowest BCUT2D eigenvalue weighted by atomic mass is 10.1. The summed E-state index contributed by atoms with van der Waals surface area (Å²) in [6.07, 6.45) is 0. The molecule has 0 aromatic heterocycles. The van der Waals surface area contributed by atoms with Crippen molar-refractivity contribution in [3.63, 3.8) is 0 Å². The van der Waals surface area contributed by atoms with Crippen molar-refractivity contribution in [2.75, 3.05) is 23.7 Å². The number of nitro groups is 1. The Kier molecular flexibility index (Phi) is 4.29. The summed E-state index contributed by atoms with van der Waals surface area (Å²) in [5.74, 6) is 0. The zero-order valence-corrected chi connectivity index (χ0v) is 9.78. The largest absolute Gasteiger partial charge is 0.384 e. The van der Waals surface area contributed by atoms with Crippen LogP contribution in [0.5, 0.6) is 0 Å². The van der Waals surface area contributed by atoms with Gasteiger partial charge in [0.05, 0.1) is 10.6 Å². The van der Waals surface area contributed by atoms with Crippen LogP contribution in [0.25, 0.3) is 0 Å². The molecule has 0 unspecified atom stereocenters. The van der Waals surface area contributed by atoms with E-state index in [2.05, 4.69) is 10.6 Å². The topological polar surface area (TPSA) is 91.0 Å². The quantitative estimate of drug-likeness (QED) is 0.602. The minimum Gasteiger partial charge on any atom is -0.384 e. The van der Waals surface area contributed by atoms with Gasteiger partial charge in [-0.15, -0.1) is 0 Å². The van der Waals surface area contributed by atoms with Crippen LogP contribution in [-0.2, 0) is 0 Å². The smallest absolute Gasteiger partial charge is 0.293 e. The summed E-state index contributed by atoms with van der Waals surface area (Å²) in [6.45, 7) is 4.89. The number of nitrogens with zero attached hydrogens (tertiary/aromatic N) is 2. The highest BCUT2D eigenvalue weighted by Gasteiger charge is 2.20. The second-order valence-corrected chi connectivity index (χ2v) is 3.31. The Labute approximate surface area is 99.4 Å². The first-order valence-electron chi connectivity index (χ1n) is 5.34. The van der Waals surface area contributed by atoms with Crippen LogP contribution >= 0.6 is 0 Å². The Morgan fingerprint density at radius 2 is 2.00 bits per heavy atom. The van der Waals surface area contributed by atoms with Crippen molar-refractivity contribution >= 4 is 17.1 Å². The van der Waals surface area contributed by atoms with E-state index in [9.17, 15) is 10.1 Å². The van der Waals surface area contributed by atoms with Crippen molar-refractivity contribution in [3.8, 4) is 6.07 Å². The van der Waals surface area contributed by atoms with E-state index in [1.165, 1.54) is 6.07 Å². The van der Waals surface area contributed by atoms with Gasteiger partial charge in [-0.3, -0.25) is 10.1 Å². The molecule has 17 heavy (non-hydrogen) atoms. The molecule has 1 aromatic rings. The van der Waals surface area contributed by atoms with E-state index in [1.807, 2.05) is 19.9 Å². The lowest BCUT2D eigenvalue weighted by molar-refractivity contribution is -0.384. The molecule has 6 nitrogen and oxygen atoms in total. The highest BCUT2D eigenvalue weighted by Crippen LogP contribution is 2.33. The third kappa shape index (κ3) is 2.64. The van der Waals surface area contributed by atoms with Gasteiger partial charge >= 0.3 is 0 Å². The molecule has 90 valence electrons. The average molecular weight is 234 g/mol. The third-order valence-electron chi connectivity index (χ3n) is 2.21. The molecule has 0 aliphatic heterocycles. The van der Waals surface area contributed by atoms with Gasteiger partial charge in [0.25, 0.3) is 5.69 Å². The van der Waals surface area contributed by atoms with Crippen LogP contribution in [0, 0.1) is 21.4 Å². The molecule has 0 radical (unpaired) electrons. The van der Waals surface area contributed by atoms with Crippen molar-refractivity contribution in [2.24, 2.45) is 0 Å². The third-order valence-corrected chi connectivity index (χ3v) is 2.21. The van der Waals surface area contributed by atoms with E-state index in [0.717, 1.165) is 0 Å². The Morgan fingerprint density at radius 3 is 2.47 bits per heavy atom. The molecule has 1 aromatic carbocycles. The van der Waals surface area contributed by atoms with E-state index in [4.69, 9.17) is 5.26 Å². The van der Waals surface area contributed by atoms with Crippen molar-refractivity contribution in [1.82, 2.24) is 0 Å². The van der Waals surface area contributed by atoms with Gasteiger partial charge < -0.3 is 10.6 Å². The minimum absolute atomic E-state index is 0.0787. The zero-order chi connectivity index (χ0) is 12.8. The zero-order valence-electron chi connectivity index (χ0n) is 9.78. The van der Waals surface area contributed by atoms with E-state index < -0.39 is 4.92 Å². The molecule has 0 aliphatic rings. The first kappa shape index (κ1) is 12.8. The normalized spacial score (nSPS) is 9.47. The summed E-state index contributed by atoms with van der Waals surface area (Å²) < 4.78 is 0. The molecule has 0 fully saturated rings. The average Bonchev–Trinajstić information content (AvgIpc) is 2.30. The van der Waals surface area contributed by atoms with Crippen molar-refractivity contribution in [2.45, 2.75) is 13.8 Å². The number of rotatable bonds is 5. The Hall–Kier alpha value is -2.29. The highest BCUT2D eigenvalue weighted by molar-refractivity contribution is 5.79. The van der Waals surface area contributed by atoms with Crippen LogP contribution in [0.2, 0.25) is 0 Å². The summed E-state index contributed by atoms with van der Waals surface area (Å²) in [5, 5.41) is 25.9. The Balaban J connectivity index is 3.39. The van der Waals surface area contributed by atoms with E-state index in [0.29, 0.717) is 18.8 Å². The molecule has 0 spiro atoms. The van der Waals surface area contributed by atoms with Crippen LogP contribution < -0.4 is 10.6 Å². The minimum atomic E-state index is -0.492. The second-order valence-electron chi connectivity index (χ2n) is 3.31. The number of hydrogen-bond donors (Lipinski definition) is 2. The highest BCUT2D eigenvalue weighted by atomic mass is 16.6. The second kappa shape index (κ2) is 5.70. The maximum Gasteiger partial charge on any atom is 0.293 e. The van der Waals surface area contributed by atoms with Gasteiger partial charge in [0, 0.05) is 19.2 Å². The first-order chi connectivity index (χ1) is 8.15. The van der Waals surface area contributed by atoms with Crippen molar-refractivity contribution < 1.29 is 4.92 Å². The number of nitrogens with one attached hydrogen (secondary N) is 2. The number of anilines is 2. The summed E-state index contributed by atoms with van der Waals surface area (Å²) in [4.78, 5) is 10.4. The molecule has 0 aliphatic carbocycles. The summed E-state index contributed by atoms with van der Waals surface area (Å²) >= 11 is 0. The molecule has 0 saturated carbocycles. The molecule has 0 saturated heterocycles. The van der Waals surface area contributed by atoms with Crippen LogP contribution in [0.4, 0.5) is 17.1 Å². The van der Waals surface area contributed by atoms with Gasteiger partial charge in [0.15, 0.2) is 0 Å². The fourth-order valence-corrected chi connectivity index (χ4v) is 1.55. The molecule has 2 N–H and O–H groups in total. The molecule has 0 amide bonds. The van der Waals surface area contributed by atoms with Gasteiger partial charge in [0.1, 0.15) is 17.3 Å². The molecule has 1 rings (SSSR count). The van der Waals surface area contributed by atoms with Gasteiger partial charge in [-0.25, -0.2) is 0 Å². The van der Waals surface area contributed by atoms with Gasteiger partial charge in [-0.2, -0.15) is 5.26 Å². The van der Waals surface area contributed by atoms with E-state index >= 15 is 0 Å². The lowest BCUT2D eigenvalue weighted by Crippen LogP contribution is -2.07. The summed E-state index contributed by atoms with van der Waals surface area (Å²) in [7, 11) is 0. The predicted octanol–water partition coefficient (Wildman–Crippen LogP) is 2.33. The fourth-order valence-electron chi connectivity index (χ4n) is 1.55. The number of nitriles is 1. The molecule has 0 atom stereocenters. The summed E-state index contributed by atoms with van der Waals surface area (Å²) in [5.41, 5.74) is 1.09. The van der Waals surface area contributed by atoms with E-state index in [1.54, 1.807) is 6.07 Å². The number of hydrogen-bond acceptors (Lipinski definition) is 5. The summed E-state index contributed by atoms with van der Waals surface area (Å²) in [6, 6.07) is 4.96. The number of benzene rings is 1. The standard InChI is InChI=1S/C11H14N4O2/c1-3-13-9-5-6-10(15(16)17)11(14-4-2)8(9)7-12/h5-6,13-14H,3-4H2,1-2H3. The maximum absolute atomic E-state index is 10.9. The van der Waals surface area contributed by atoms with Crippen LogP contribution in [0.15, 0.2) is 12.1 Å². The molecule has 0 bridgehead atoms. The van der Waals surface area contributed by atoms with Crippen molar-refractivity contribution in [3.05, 3.63) is 27.8 Å². The monoisotopic (exact) mass is 234 g/mol. The van der Waals surface area contributed by atoms with Gasteiger partial charge in [0.2, 0.25) is 0 Å². The first-order valence-corrected chi connectivity index (χ1v) is 5.34. The Bertz CT molecular complexity index is 465.